The number of carbonyl (C=O) groups is 6. The van der Waals surface area contributed by atoms with Crippen molar-refractivity contribution in [1.29, 1.82) is 0 Å². The Morgan fingerprint density at radius 2 is 1.10 bits per heavy atom. The van der Waals surface area contributed by atoms with Gasteiger partial charge in [0.25, 0.3) is 0 Å². The van der Waals surface area contributed by atoms with Crippen LogP contribution in [0.2, 0.25) is 0 Å². The number of aliphatic hydroxyl groups is 2. The van der Waals surface area contributed by atoms with E-state index in [9.17, 15) is 39.0 Å². The van der Waals surface area contributed by atoms with Crippen molar-refractivity contribution in [2.75, 3.05) is 5.33 Å². The third-order valence-corrected chi connectivity index (χ3v) is 9.18. The summed E-state index contributed by atoms with van der Waals surface area (Å²) in [6.07, 6.45) is 6.55. The molecular weight excluding hydrogens is 860 g/mol. The first-order valence-corrected chi connectivity index (χ1v) is 20.8. The number of rotatable bonds is 3. The SMILES string of the molecule is CC(C)=CCBr.CC(C)=CCC1=C(O)c2ccccc2C(=O)C1=O.CC1(C)CCC2=C(O1)c1ccccc1C(=O)C2=O.O=C1C=C(O)c2ccccc2C1=O.O=S(=O)(O)O. The molecule has 0 saturated carbocycles. The Balaban J connectivity index is 0.000000216. The summed E-state index contributed by atoms with van der Waals surface area (Å²) < 4.78 is 37.5. The van der Waals surface area contributed by atoms with Gasteiger partial charge in [-0.15, -0.1) is 0 Å². The van der Waals surface area contributed by atoms with Crippen molar-refractivity contribution in [3.05, 3.63) is 147 Å². The average molecular weight is 906 g/mol. The highest BCUT2D eigenvalue weighted by molar-refractivity contribution is 9.09. The van der Waals surface area contributed by atoms with Gasteiger partial charge in [-0.25, -0.2) is 0 Å². The summed E-state index contributed by atoms with van der Waals surface area (Å²) in [7, 11) is -4.67. The molecule has 0 radical (unpaired) electrons. The fourth-order valence-corrected chi connectivity index (χ4v) is 6.52. The second-order valence-corrected chi connectivity index (χ2v) is 16.1. The van der Waals surface area contributed by atoms with Crippen molar-refractivity contribution < 1.29 is 61.2 Å². The number of ether oxygens (including phenoxy) is 1. The van der Waals surface area contributed by atoms with Crippen molar-refractivity contribution in [1.82, 2.24) is 0 Å². The van der Waals surface area contributed by atoms with E-state index in [-0.39, 0.29) is 40.2 Å². The maximum atomic E-state index is 12.0. The van der Waals surface area contributed by atoms with Gasteiger partial charge in [-0.3, -0.25) is 37.9 Å². The van der Waals surface area contributed by atoms with Gasteiger partial charge in [0.15, 0.2) is 0 Å². The molecule has 4 aliphatic rings. The molecule has 0 fully saturated rings. The lowest BCUT2D eigenvalue weighted by molar-refractivity contribution is -0.113. The highest BCUT2D eigenvalue weighted by atomic mass is 79.9. The normalized spacial score (nSPS) is 15.8. The van der Waals surface area contributed by atoms with Gasteiger partial charge in [0, 0.05) is 55.9 Å². The van der Waals surface area contributed by atoms with E-state index >= 15 is 0 Å². The number of hydrogen-bond acceptors (Lipinski definition) is 11. The Kier molecular flexibility index (Phi) is 16.9. The predicted molar refractivity (Wildman–Crippen MR) is 230 cm³/mol. The number of carbonyl (C=O) groups excluding carboxylic acids is 6. The summed E-state index contributed by atoms with van der Waals surface area (Å²) in [6, 6.07) is 20.3. The van der Waals surface area contributed by atoms with Crippen LogP contribution in [0.4, 0.5) is 0 Å². The smallest absolute Gasteiger partial charge is 0.394 e. The van der Waals surface area contributed by atoms with Crippen LogP contribution < -0.4 is 0 Å². The minimum absolute atomic E-state index is 0.0762. The van der Waals surface area contributed by atoms with Crippen molar-refractivity contribution in [3.8, 4) is 0 Å². The molecule has 13 nitrogen and oxygen atoms in total. The maximum absolute atomic E-state index is 12.0. The zero-order valence-electron chi connectivity index (χ0n) is 33.7. The van der Waals surface area contributed by atoms with E-state index in [1.807, 2.05) is 45.9 Å². The molecule has 0 atom stereocenters. The number of alkyl halides is 1. The Morgan fingerprint density at radius 1 is 0.667 bits per heavy atom. The molecule has 3 aliphatic carbocycles. The number of allylic oxidation sites excluding steroid dienone is 7. The highest BCUT2D eigenvalue weighted by Gasteiger charge is 2.39. The molecule has 0 aromatic heterocycles. The quantitative estimate of drug-likeness (QED) is 0.0835. The van der Waals surface area contributed by atoms with E-state index in [0.717, 1.165) is 29.0 Å². The fraction of sp³-hybridized carbons (Fsp3) is 0.244. The maximum Gasteiger partial charge on any atom is 0.394 e. The second-order valence-electron chi connectivity index (χ2n) is 14.5. The molecule has 0 saturated heterocycles. The van der Waals surface area contributed by atoms with Crippen LogP contribution in [0, 0.1) is 0 Å². The highest BCUT2D eigenvalue weighted by Crippen LogP contribution is 2.41. The Hall–Kier alpha value is -5.87. The number of ketones is 6. The van der Waals surface area contributed by atoms with Crippen molar-refractivity contribution in [2.24, 2.45) is 0 Å². The van der Waals surface area contributed by atoms with Gasteiger partial charge in [-0.1, -0.05) is 112 Å². The summed E-state index contributed by atoms with van der Waals surface area (Å²) in [5.74, 6) is -2.81. The van der Waals surface area contributed by atoms with Crippen LogP contribution in [0.25, 0.3) is 17.3 Å². The standard InChI is InChI=1S/2C15H14O3.C10H6O3.C5H9Br.H2O4S/c1-15(2)8-7-11-13(17)12(16)9-5-3-4-6-10(9)14(11)18-15;1-9(2)7-8-12-13(16)10-5-3-4-6-11(10)14(17)15(12)18;11-8-5-9(12)10(13)7-4-2-1-3-6(7)8;1-5(2)3-4-6;1-5(2,3)4/h3-6H,7-8H2,1-2H3;3-7,16H,8H2,1-2H3;1-5,11H;3H,4H2,1-2H3;(H2,1,2,3,4). The van der Waals surface area contributed by atoms with E-state index in [1.54, 1.807) is 54.6 Å². The summed E-state index contributed by atoms with van der Waals surface area (Å²) in [5, 5.41) is 20.4. The lowest BCUT2D eigenvalue weighted by atomic mass is 9.82. The van der Waals surface area contributed by atoms with Crippen LogP contribution in [0.3, 0.4) is 0 Å². The zero-order valence-corrected chi connectivity index (χ0v) is 36.1. The number of benzene rings is 3. The van der Waals surface area contributed by atoms with E-state index in [0.29, 0.717) is 34.4 Å². The molecule has 3 aromatic rings. The Labute approximate surface area is 356 Å². The van der Waals surface area contributed by atoms with Gasteiger partial charge in [-0.05, 0) is 60.8 Å². The second kappa shape index (κ2) is 20.9. The predicted octanol–water partition coefficient (Wildman–Crippen LogP) is 8.88. The minimum Gasteiger partial charge on any atom is -0.507 e. The van der Waals surface area contributed by atoms with Crippen molar-refractivity contribution in [2.45, 2.75) is 66.4 Å². The topological polar surface area (TPSA) is 227 Å². The lowest BCUT2D eigenvalue weighted by Crippen LogP contribution is -2.34. The van der Waals surface area contributed by atoms with Crippen LogP contribution in [-0.4, -0.2) is 73.4 Å². The number of Topliss-reactive ketones (excluding diaryl/α,β-unsaturated/α-hetero) is 5. The number of halogens is 1. The molecule has 1 aliphatic heterocycles. The van der Waals surface area contributed by atoms with E-state index < -0.39 is 45.1 Å². The third kappa shape index (κ3) is 13.1. The number of aliphatic hydroxyl groups excluding tert-OH is 2. The van der Waals surface area contributed by atoms with Gasteiger partial charge in [-0.2, -0.15) is 8.42 Å². The molecule has 4 N–H and O–H groups in total. The summed E-state index contributed by atoms with van der Waals surface area (Å²) in [6.45, 7) is 12.0. The Morgan fingerprint density at radius 3 is 1.58 bits per heavy atom. The van der Waals surface area contributed by atoms with Gasteiger partial charge in [0.2, 0.25) is 34.7 Å². The van der Waals surface area contributed by atoms with Gasteiger partial charge < -0.3 is 14.9 Å². The van der Waals surface area contributed by atoms with Crippen LogP contribution in [0.1, 0.15) is 109 Å². The molecule has 0 bridgehead atoms. The van der Waals surface area contributed by atoms with Crippen LogP contribution in [-0.2, 0) is 29.5 Å². The molecule has 316 valence electrons. The van der Waals surface area contributed by atoms with Gasteiger partial charge in [0.05, 0.1) is 0 Å². The van der Waals surface area contributed by atoms with Crippen molar-refractivity contribution in [3.63, 3.8) is 0 Å². The largest absolute Gasteiger partial charge is 0.507 e. The van der Waals surface area contributed by atoms with E-state index in [2.05, 4.69) is 35.9 Å². The van der Waals surface area contributed by atoms with Crippen LogP contribution >= 0.6 is 15.9 Å². The summed E-state index contributed by atoms with van der Waals surface area (Å²) in [4.78, 5) is 70.1. The molecular formula is C45H45BrO13S. The first kappa shape index (κ1) is 48.5. The minimum atomic E-state index is -4.67. The first-order valence-electron chi connectivity index (χ1n) is 18.3. The van der Waals surface area contributed by atoms with Crippen LogP contribution in [0.5, 0.6) is 0 Å². The monoisotopic (exact) mass is 904 g/mol. The molecule has 0 unspecified atom stereocenters. The van der Waals surface area contributed by atoms with E-state index in [4.69, 9.17) is 22.3 Å². The molecule has 15 heteroatoms. The van der Waals surface area contributed by atoms with Gasteiger partial charge in [0.1, 0.15) is 22.9 Å². The number of fused-ring (bicyclic) bond motifs is 4. The lowest BCUT2D eigenvalue weighted by Gasteiger charge is -2.36. The molecule has 60 heavy (non-hydrogen) atoms. The average Bonchev–Trinajstić information content (AvgIpc) is 3.18. The van der Waals surface area contributed by atoms with Gasteiger partial charge >= 0.3 is 10.4 Å². The molecule has 1 heterocycles. The molecule has 0 spiro atoms. The fourth-order valence-electron chi connectivity index (χ4n) is 5.87. The number of hydrogen-bond donors (Lipinski definition) is 4. The van der Waals surface area contributed by atoms with Crippen molar-refractivity contribution >= 4 is 78.3 Å². The summed E-state index contributed by atoms with van der Waals surface area (Å²) in [5.41, 5.74) is 5.47. The molecule has 7 rings (SSSR count). The summed E-state index contributed by atoms with van der Waals surface area (Å²) >= 11 is 3.27. The zero-order chi connectivity index (χ0) is 45.1. The van der Waals surface area contributed by atoms with Crippen LogP contribution in [0.15, 0.2) is 113 Å². The van der Waals surface area contributed by atoms with E-state index in [1.165, 1.54) is 11.6 Å². The Bertz CT molecular complexity index is 2470. The first-order chi connectivity index (χ1) is 28.0. The molecule has 3 aromatic carbocycles. The molecule has 0 amide bonds. The third-order valence-electron chi connectivity index (χ3n) is 8.86.